The van der Waals surface area contributed by atoms with Gasteiger partial charge in [-0.15, -0.1) is 0 Å². The molecule has 2 aromatic rings. The van der Waals surface area contributed by atoms with Gasteiger partial charge in [0.1, 0.15) is 0 Å². The third-order valence-corrected chi connectivity index (χ3v) is 6.18. The van der Waals surface area contributed by atoms with Gasteiger partial charge in [-0.1, -0.05) is 23.9 Å². The molecule has 2 aliphatic heterocycles. The van der Waals surface area contributed by atoms with Crippen LogP contribution in [0.2, 0.25) is 0 Å². The fraction of sp³-hybridized carbons (Fsp3) is 0.333. The van der Waals surface area contributed by atoms with Crippen LogP contribution in [0.15, 0.2) is 52.3 Å². The van der Waals surface area contributed by atoms with Crippen LogP contribution < -0.4 is 10.2 Å². The Labute approximate surface area is 163 Å². The lowest BCUT2D eigenvalue weighted by Crippen LogP contribution is -2.38. The highest BCUT2D eigenvalue weighted by Gasteiger charge is 2.26. The monoisotopic (exact) mass is 381 g/mol. The van der Waals surface area contributed by atoms with Crippen LogP contribution in [0.25, 0.3) is 0 Å². The Hall–Kier alpha value is -2.47. The lowest BCUT2D eigenvalue weighted by atomic mass is 10.1. The first-order chi connectivity index (χ1) is 13.2. The van der Waals surface area contributed by atoms with Crippen molar-refractivity contribution in [3.8, 4) is 0 Å². The summed E-state index contributed by atoms with van der Waals surface area (Å²) < 4.78 is 0. The van der Waals surface area contributed by atoms with Crippen molar-refractivity contribution < 1.29 is 9.59 Å². The molecular formula is C21H23N3O2S. The third kappa shape index (κ3) is 3.54. The number of hydrogen-bond donors (Lipinski definition) is 1. The predicted octanol–water partition coefficient (Wildman–Crippen LogP) is 4.84. The lowest BCUT2D eigenvalue weighted by molar-refractivity contribution is 0.0985. The van der Waals surface area contributed by atoms with E-state index in [1.54, 1.807) is 16.7 Å². The molecule has 0 spiro atoms. The average molecular weight is 382 g/mol. The Morgan fingerprint density at radius 3 is 2.63 bits per heavy atom. The van der Waals surface area contributed by atoms with Gasteiger partial charge >= 0.3 is 6.03 Å². The number of benzene rings is 2. The fourth-order valence-electron chi connectivity index (χ4n) is 3.61. The molecule has 4 rings (SSSR count). The maximum Gasteiger partial charge on any atom is 0.321 e. The Morgan fingerprint density at radius 2 is 1.85 bits per heavy atom. The average Bonchev–Trinajstić information content (AvgIpc) is 2.82. The third-order valence-electron chi connectivity index (χ3n) is 5.04. The van der Waals surface area contributed by atoms with Gasteiger partial charge in [-0.2, -0.15) is 0 Å². The van der Waals surface area contributed by atoms with E-state index in [2.05, 4.69) is 5.32 Å². The van der Waals surface area contributed by atoms with Gasteiger partial charge in [-0.3, -0.25) is 4.79 Å². The van der Waals surface area contributed by atoms with Crippen molar-refractivity contribution in [2.24, 2.45) is 0 Å². The molecular weight excluding hydrogens is 358 g/mol. The van der Waals surface area contributed by atoms with Gasteiger partial charge in [-0.05, 0) is 56.5 Å². The van der Waals surface area contributed by atoms with Gasteiger partial charge < -0.3 is 15.1 Å². The number of nitrogens with one attached hydrogen (secondary N) is 1. The molecule has 1 N–H and O–H groups in total. The zero-order valence-electron chi connectivity index (χ0n) is 15.4. The Morgan fingerprint density at radius 1 is 1.07 bits per heavy atom. The zero-order chi connectivity index (χ0) is 18.8. The van der Waals surface area contributed by atoms with E-state index in [0.29, 0.717) is 6.54 Å². The summed E-state index contributed by atoms with van der Waals surface area (Å²) in [7, 11) is 0. The van der Waals surface area contributed by atoms with Crippen molar-refractivity contribution in [3.05, 3.63) is 48.0 Å². The minimum absolute atomic E-state index is 0.00106. The first-order valence-corrected chi connectivity index (χ1v) is 10.3. The van der Waals surface area contributed by atoms with Crippen molar-refractivity contribution in [1.29, 1.82) is 0 Å². The van der Waals surface area contributed by atoms with E-state index in [1.165, 1.54) is 6.42 Å². The predicted molar refractivity (Wildman–Crippen MR) is 109 cm³/mol. The van der Waals surface area contributed by atoms with E-state index in [1.807, 2.05) is 54.3 Å². The number of nitrogens with zero attached hydrogens (tertiary/aromatic N) is 2. The molecule has 2 aliphatic rings. The van der Waals surface area contributed by atoms with E-state index in [0.717, 1.165) is 52.7 Å². The topological polar surface area (TPSA) is 52.7 Å². The SMILES string of the molecule is CCN1C(=O)c2ccccc2Sc2ccc(NC(=O)N3CCCCC3)cc21. The second kappa shape index (κ2) is 7.64. The number of carbonyl (C=O) groups excluding carboxylic acids is 2. The first kappa shape index (κ1) is 17.9. The Balaban J connectivity index is 1.64. The van der Waals surface area contributed by atoms with Gasteiger partial charge in [0.25, 0.3) is 5.91 Å². The molecule has 3 amide bonds. The molecule has 0 aliphatic carbocycles. The van der Waals surface area contributed by atoms with E-state index < -0.39 is 0 Å². The van der Waals surface area contributed by atoms with Crippen molar-refractivity contribution in [3.63, 3.8) is 0 Å². The molecule has 0 saturated carbocycles. The molecule has 6 heteroatoms. The second-order valence-corrected chi connectivity index (χ2v) is 7.89. The molecule has 0 radical (unpaired) electrons. The number of piperidine rings is 1. The molecule has 0 unspecified atom stereocenters. The first-order valence-electron chi connectivity index (χ1n) is 9.46. The van der Waals surface area contributed by atoms with E-state index >= 15 is 0 Å². The Kier molecular flexibility index (Phi) is 5.07. The van der Waals surface area contributed by atoms with Crippen molar-refractivity contribution in [2.45, 2.75) is 36.0 Å². The normalized spacial score (nSPS) is 16.4. The minimum atomic E-state index is -0.0615. The van der Waals surface area contributed by atoms with Crippen LogP contribution in [0.5, 0.6) is 0 Å². The molecule has 2 aromatic carbocycles. The molecule has 27 heavy (non-hydrogen) atoms. The maximum atomic E-state index is 13.0. The standard InChI is InChI=1S/C21H23N3O2S/c1-2-24-17-14-15(22-21(26)23-12-6-3-7-13-23)10-11-19(17)27-18-9-5-4-8-16(18)20(24)25/h4-5,8-11,14H,2-3,6-7,12-13H2,1H3,(H,22,26). The van der Waals surface area contributed by atoms with Gasteiger partial charge in [0.15, 0.2) is 0 Å². The molecule has 0 aromatic heterocycles. The number of likely N-dealkylation sites (tertiary alicyclic amines) is 1. The summed E-state index contributed by atoms with van der Waals surface area (Å²) in [4.78, 5) is 31.2. The van der Waals surface area contributed by atoms with Crippen LogP contribution in [0.3, 0.4) is 0 Å². The second-order valence-electron chi connectivity index (χ2n) is 6.81. The largest absolute Gasteiger partial charge is 0.325 e. The minimum Gasteiger partial charge on any atom is -0.325 e. The van der Waals surface area contributed by atoms with E-state index in [4.69, 9.17) is 0 Å². The quantitative estimate of drug-likeness (QED) is 0.810. The van der Waals surface area contributed by atoms with Crippen LogP contribution >= 0.6 is 11.8 Å². The van der Waals surface area contributed by atoms with Crippen LogP contribution in [0, 0.1) is 0 Å². The summed E-state index contributed by atoms with van der Waals surface area (Å²) in [6.45, 7) is 4.16. The van der Waals surface area contributed by atoms with Gasteiger partial charge in [0.2, 0.25) is 0 Å². The van der Waals surface area contributed by atoms with Gasteiger partial charge in [-0.25, -0.2) is 4.79 Å². The molecule has 5 nitrogen and oxygen atoms in total. The highest BCUT2D eigenvalue weighted by atomic mass is 32.2. The summed E-state index contributed by atoms with van der Waals surface area (Å²) in [5.41, 5.74) is 2.29. The fourth-order valence-corrected chi connectivity index (χ4v) is 4.67. The van der Waals surface area contributed by atoms with E-state index in [-0.39, 0.29) is 11.9 Å². The number of amides is 3. The number of fused-ring (bicyclic) bond motifs is 2. The van der Waals surface area contributed by atoms with Crippen molar-refractivity contribution in [2.75, 3.05) is 29.9 Å². The number of hydrogen-bond acceptors (Lipinski definition) is 3. The van der Waals surface area contributed by atoms with Crippen molar-refractivity contribution in [1.82, 2.24) is 4.90 Å². The smallest absolute Gasteiger partial charge is 0.321 e. The van der Waals surface area contributed by atoms with Crippen LogP contribution in [-0.2, 0) is 0 Å². The summed E-state index contributed by atoms with van der Waals surface area (Å²) in [6, 6.07) is 13.5. The lowest BCUT2D eigenvalue weighted by Gasteiger charge is -2.27. The van der Waals surface area contributed by atoms with Crippen LogP contribution in [0.4, 0.5) is 16.2 Å². The van der Waals surface area contributed by atoms with Gasteiger partial charge in [0, 0.05) is 35.1 Å². The number of urea groups is 1. The highest BCUT2D eigenvalue weighted by Crippen LogP contribution is 2.42. The van der Waals surface area contributed by atoms with Gasteiger partial charge in [0.05, 0.1) is 11.3 Å². The van der Waals surface area contributed by atoms with Crippen molar-refractivity contribution >= 4 is 35.1 Å². The van der Waals surface area contributed by atoms with Crippen LogP contribution in [0.1, 0.15) is 36.5 Å². The number of rotatable bonds is 2. The summed E-state index contributed by atoms with van der Waals surface area (Å²) in [6.07, 6.45) is 3.31. The van der Waals surface area contributed by atoms with E-state index in [9.17, 15) is 9.59 Å². The molecule has 1 saturated heterocycles. The summed E-state index contributed by atoms with van der Waals surface area (Å²) >= 11 is 1.60. The number of carbonyl (C=O) groups is 2. The maximum absolute atomic E-state index is 13.0. The molecule has 1 fully saturated rings. The number of anilines is 2. The molecule has 2 heterocycles. The Bertz CT molecular complexity index is 877. The van der Waals surface area contributed by atoms with Crippen LogP contribution in [-0.4, -0.2) is 36.5 Å². The molecule has 0 atom stereocenters. The highest BCUT2D eigenvalue weighted by molar-refractivity contribution is 7.99. The summed E-state index contributed by atoms with van der Waals surface area (Å²) in [5.74, 6) is -0.00106. The zero-order valence-corrected chi connectivity index (χ0v) is 16.2. The molecule has 0 bridgehead atoms. The summed E-state index contributed by atoms with van der Waals surface area (Å²) in [5, 5.41) is 3.00. The molecule has 140 valence electrons.